The van der Waals surface area contributed by atoms with E-state index in [9.17, 15) is 9.50 Å². The Bertz CT molecular complexity index is 600. The van der Waals surface area contributed by atoms with Crippen molar-refractivity contribution >= 4 is 18.1 Å². The number of fused-ring (bicyclic) bond motifs is 1. The first kappa shape index (κ1) is 14.7. The number of ether oxygens (including phenoxy) is 1. The van der Waals surface area contributed by atoms with Gasteiger partial charge in [-0.3, -0.25) is 9.98 Å². The van der Waals surface area contributed by atoms with Gasteiger partial charge in [-0.25, -0.2) is 9.38 Å². The van der Waals surface area contributed by atoms with Crippen molar-refractivity contribution < 1.29 is 14.2 Å². The number of nitrogens with two attached hydrogens (primary N) is 1. The van der Waals surface area contributed by atoms with E-state index in [4.69, 9.17) is 16.9 Å². The zero-order valence-electron chi connectivity index (χ0n) is 12.0. The lowest BCUT2D eigenvalue weighted by atomic mass is 9.99. The van der Waals surface area contributed by atoms with Crippen molar-refractivity contribution in [3.63, 3.8) is 0 Å². The minimum atomic E-state index is -2.03. The van der Waals surface area contributed by atoms with Gasteiger partial charge in [0.2, 0.25) is 5.67 Å². The number of amidine groups is 1. The summed E-state index contributed by atoms with van der Waals surface area (Å²) in [7, 11) is 1.60. The van der Waals surface area contributed by atoms with Gasteiger partial charge >= 0.3 is 0 Å². The van der Waals surface area contributed by atoms with Crippen molar-refractivity contribution in [1.82, 2.24) is 10.2 Å². The van der Waals surface area contributed by atoms with Crippen LogP contribution in [0.3, 0.4) is 0 Å². The van der Waals surface area contributed by atoms with Gasteiger partial charge in [0.15, 0.2) is 18.4 Å². The smallest absolute Gasteiger partial charge is 0.217 e. The summed E-state index contributed by atoms with van der Waals surface area (Å²) in [5.74, 6) is 2.84. The summed E-state index contributed by atoms with van der Waals surface area (Å²) < 4.78 is 20.5. The number of hydrogen-bond donors (Lipinski definition) is 3. The van der Waals surface area contributed by atoms with Crippen LogP contribution >= 0.6 is 0 Å². The average Bonchev–Trinajstić information content (AvgIpc) is 3.07. The Balaban J connectivity index is 1.92. The highest BCUT2D eigenvalue weighted by Gasteiger charge is 2.55. The monoisotopic (exact) mass is 308 g/mol. The summed E-state index contributed by atoms with van der Waals surface area (Å²) in [6.45, 7) is -0.308. The summed E-state index contributed by atoms with van der Waals surface area (Å²) in [4.78, 5) is 14.1. The lowest BCUT2D eigenvalue weighted by Crippen LogP contribution is -2.57. The van der Waals surface area contributed by atoms with Crippen LogP contribution in [0.4, 0.5) is 4.39 Å². The molecule has 1 fully saturated rings. The van der Waals surface area contributed by atoms with Crippen molar-refractivity contribution in [2.45, 2.75) is 36.6 Å². The van der Waals surface area contributed by atoms with Gasteiger partial charge in [0.1, 0.15) is 11.9 Å². The molecule has 3 aliphatic heterocycles. The van der Waals surface area contributed by atoms with Gasteiger partial charge in [-0.15, -0.1) is 6.42 Å². The molecule has 3 heterocycles. The number of nitrogens with zero attached hydrogens (tertiary/aromatic N) is 4. The lowest BCUT2D eigenvalue weighted by Gasteiger charge is -2.35. The van der Waals surface area contributed by atoms with Gasteiger partial charge in [-0.2, -0.15) is 0 Å². The van der Waals surface area contributed by atoms with Crippen LogP contribution in [0.15, 0.2) is 15.0 Å². The molecule has 8 nitrogen and oxygen atoms in total. The van der Waals surface area contributed by atoms with Gasteiger partial charge in [-0.1, -0.05) is 5.92 Å². The Morgan fingerprint density at radius 3 is 3.18 bits per heavy atom. The molecule has 5 atom stereocenters. The molecule has 9 heteroatoms. The zero-order chi connectivity index (χ0) is 15.9. The maximum absolute atomic E-state index is 14.9. The van der Waals surface area contributed by atoms with Gasteiger partial charge < -0.3 is 25.8 Å². The first-order valence-electron chi connectivity index (χ1n) is 6.83. The number of guanidine groups is 1. The second-order valence-electron chi connectivity index (χ2n) is 5.32. The molecule has 22 heavy (non-hydrogen) atoms. The van der Waals surface area contributed by atoms with E-state index >= 15 is 0 Å². The third kappa shape index (κ3) is 2.12. The first-order valence-corrected chi connectivity index (χ1v) is 6.83. The Kier molecular flexibility index (Phi) is 3.50. The molecule has 0 radical (unpaired) electrons. The fraction of sp³-hybridized carbons (Fsp3) is 0.615. The Morgan fingerprint density at radius 1 is 1.77 bits per heavy atom. The molecule has 1 saturated heterocycles. The number of aliphatic imine (C=N–C) groups is 3. The number of terminal acetylenes is 1. The van der Waals surface area contributed by atoms with Crippen LogP contribution in [-0.4, -0.2) is 72.0 Å². The molecule has 0 aromatic carbocycles. The molecule has 3 aliphatic rings. The number of aliphatic hydroxyl groups excluding tert-OH is 1. The van der Waals surface area contributed by atoms with Gasteiger partial charge in [-0.05, 0) is 0 Å². The lowest BCUT2D eigenvalue weighted by molar-refractivity contribution is -0.0769. The molecule has 0 aromatic heterocycles. The first-order chi connectivity index (χ1) is 10.5. The highest BCUT2D eigenvalue weighted by atomic mass is 19.1. The average molecular weight is 308 g/mol. The van der Waals surface area contributed by atoms with E-state index in [0.717, 1.165) is 0 Å². The van der Waals surface area contributed by atoms with Crippen LogP contribution in [-0.2, 0) is 4.74 Å². The Labute approximate surface area is 127 Å². The predicted octanol–water partition coefficient (Wildman–Crippen LogP) is -1.58. The van der Waals surface area contributed by atoms with Crippen molar-refractivity contribution in [2.24, 2.45) is 20.7 Å². The second kappa shape index (κ2) is 5.23. The number of halogens is 1. The van der Waals surface area contributed by atoms with E-state index in [1.54, 1.807) is 7.05 Å². The van der Waals surface area contributed by atoms with Crippen LogP contribution in [0.25, 0.3) is 0 Å². The molecular weight excluding hydrogens is 291 g/mol. The molecular formula is C13H17FN6O2. The van der Waals surface area contributed by atoms with Crippen molar-refractivity contribution in [1.29, 1.82) is 0 Å². The van der Waals surface area contributed by atoms with Crippen LogP contribution < -0.4 is 11.1 Å². The van der Waals surface area contributed by atoms with E-state index < -0.39 is 30.2 Å². The van der Waals surface area contributed by atoms with Gasteiger partial charge in [0.05, 0.1) is 19.0 Å². The minimum Gasteiger partial charge on any atom is -0.394 e. The normalized spacial score (nSPS) is 42.0. The SMILES string of the molecule is C#C[C@@]1(F)CC(CO)O[C@H]1N1C=N[C@@H]2C(=NC)NC(N)=NC21. The van der Waals surface area contributed by atoms with Gasteiger partial charge in [0.25, 0.3) is 0 Å². The fourth-order valence-electron chi connectivity index (χ4n) is 2.89. The number of rotatable bonds is 2. The molecule has 0 amide bonds. The second-order valence-corrected chi connectivity index (χ2v) is 5.32. The maximum atomic E-state index is 14.9. The molecule has 118 valence electrons. The standard InChI is InChI=1S/C13H17FN6O2/c1-3-13(14)4-7(5-21)22-11(13)20-6-17-8-9(16-2)18-12(15)19-10(8)20/h1,6-8,10-11,21H,4-5H2,2H3,(H3,15,16,18,19)/t7?,8-,10?,11-,13-/m1/s1. The summed E-state index contributed by atoms with van der Waals surface area (Å²) in [6.07, 6.45) is 4.37. The predicted molar refractivity (Wildman–Crippen MR) is 79.1 cm³/mol. The van der Waals surface area contributed by atoms with E-state index in [0.29, 0.717) is 5.84 Å². The number of nitrogens with one attached hydrogen (secondary N) is 1. The summed E-state index contributed by atoms with van der Waals surface area (Å²) in [6, 6.07) is -0.420. The van der Waals surface area contributed by atoms with Crippen LogP contribution in [0.1, 0.15) is 6.42 Å². The number of hydrogen-bond acceptors (Lipinski definition) is 7. The third-order valence-corrected chi connectivity index (χ3v) is 3.95. The summed E-state index contributed by atoms with van der Waals surface area (Å²) in [5, 5.41) is 12.0. The largest absolute Gasteiger partial charge is 0.394 e. The highest BCUT2D eigenvalue weighted by molar-refractivity contribution is 6.05. The van der Waals surface area contributed by atoms with E-state index in [1.807, 2.05) is 0 Å². The highest BCUT2D eigenvalue weighted by Crippen LogP contribution is 2.38. The molecule has 3 rings (SSSR count). The Hall–Kier alpha value is -2.18. The van der Waals surface area contributed by atoms with Crippen LogP contribution in [0.5, 0.6) is 0 Å². The number of aliphatic hydroxyl groups is 1. The molecule has 0 aromatic rings. The van der Waals surface area contributed by atoms with E-state index in [1.165, 1.54) is 11.2 Å². The number of alkyl halides is 1. The van der Waals surface area contributed by atoms with Gasteiger partial charge in [0, 0.05) is 13.5 Å². The topological polar surface area (TPSA) is 108 Å². The molecule has 0 aliphatic carbocycles. The molecule has 0 spiro atoms. The zero-order valence-corrected chi connectivity index (χ0v) is 12.0. The molecule has 4 N–H and O–H groups in total. The Morgan fingerprint density at radius 2 is 2.55 bits per heavy atom. The van der Waals surface area contributed by atoms with E-state index in [-0.39, 0.29) is 19.0 Å². The third-order valence-electron chi connectivity index (χ3n) is 3.95. The van der Waals surface area contributed by atoms with Crippen LogP contribution in [0.2, 0.25) is 0 Å². The van der Waals surface area contributed by atoms with E-state index in [2.05, 4.69) is 26.2 Å². The molecule has 0 bridgehead atoms. The minimum absolute atomic E-state index is 0.0848. The van der Waals surface area contributed by atoms with Crippen molar-refractivity contribution in [3.05, 3.63) is 0 Å². The molecule has 2 unspecified atom stereocenters. The quantitative estimate of drug-likeness (QED) is 0.534. The van der Waals surface area contributed by atoms with Crippen molar-refractivity contribution in [3.8, 4) is 12.3 Å². The molecule has 0 saturated carbocycles. The van der Waals surface area contributed by atoms with Crippen LogP contribution in [0, 0.1) is 12.3 Å². The summed E-state index contributed by atoms with van der Waals surface area (Å²) >= 11 is 0. The maximum Gasteiger partial charge on any atom is 0.217 e. The van der Waals surface area contributed by atoms with Crippen molar-refractivity contribution in [2.75, 3.05) is 13.7 Å². The fourth-order valence-corrected chi connectivity index (χ4v) is 2.89. The summed E-state index contributed by atoms with van der Waals surface area (Å²) in [5.41, 5.74) is 3.70.